The first-order chi connectivity index (χ1) is 12.6. The largest absolute Gasteiger partial charge is 0.454 e. The molecule has 0 aliphatic carbocycles. The average Bonchev–Trinajstić information content (AvgIpc) is 3.16. The van der Waals surface area contributed by atoms with Crippen LogP contribution in [0.3, 0.4) is 0 Å². The summed E-state index contributed by atoms with van der Waals surface area (Å²) in [5.41, 5.74) is 0.603. The van der Waals surface area contributed by atoms with Gasteiger partial charge in [-0.25, -0.2) is 8.42 Å². The molecule has 0 bridgehead atoms. The SMILES string of the molecule is CC(C)(C)CC(=O)N=C1S[C@@H]2CS(=O)(=O)C[C@H]2N1c1ccc2c(c1)OCO2. The fraction of sp³-hybridized carbons (Fsp3) is 0.556. The fourth-order valence-electron chi connectivity index (χ4n) is 3.50. The number of fused-ring (bicyclic) bond motifs is 2. The number of anilines is 1. The molecule has 0 radical (unpaired) electrons. The molecule has 1 amide bonds. The third-order valence-corrected chi connectivity index (χ3v) is 7.81. The highest BCUT2D eigenvalue weighted by molar-refractivity contribution is 8.16. The minimum atomic E-state index is -3.10. The highest BCUT2D eigenvalue weighted by Crippen LogP contribution is 2.44. The van der Waals surface area contributed by atoms with Gasteiger partial charge in [-0.05, 0) is 17.5 Å². The first kappa shape index (κ1) is 18.6. The van der Waals surface area contributed by atoms with Crippen LogP contribution < -0.4 is 14.4 Å². The molecule has 9 heteroatoms. The van der Waals surface area contributed by atoms with Gasteiger partial charge >= 0.3 is 0 Å². The first-order valence-electron chi connectivity index (χ1n) is 8.79. The summed E-state index contributed by atoms with van der Waals surface area (Å²) in [5.74, 6) is 1.24. The molecular formula is C18H22N2O5S2. The maximum absolute atomic E-state index is 12.4. The van der Waals surface area contributed by atoms with Gasteiger partial charge in [0.25, 0.3) is 0 Å². The lowest BCUT2D eigenvalue weighted by Crippen LogP contribution is -2.37. The zero-order valence-corrected chi connectivity index (χ0v) is 17.1. The van der Waals surface area contributed by atoms with Gasteiger partial charge in [0.2, 0.25) is 12.7 Å². The molecule has 7 nitrogen and oxygen atoms in total. The minimum absolute atomic E-state index is 0.0611. The van der Waals surface area contributed by atoms with E-state index in [1.807, 2.05) is 37.8 Å². The number of thioether (sulfide) groups is 1. The number of benzene rings is 1. The zero-order valence-electron chi connectivity index (χ0n) is 15.5. The van der Waals surface area contributed by atoms with Gasteiger partial charge < -0.3 is 14.4 Å². The maximum atomic E-state index is 12.4. The van der Waals surface area contributed by atoms with Crippen molar-refractivity contribution in [3.05, 3.63) is 18.2 Å². The number of carbonyl (C=O) groups is 1. The number of hydrogen-bond acceptors (Lipinski definition) is 6. The van der Waals surface area contributed by atoms with Crippen molar-refractivity contribution in [1.29, 1.82) is 0 Å². The van der Waals surface area contributed by atoms with Gasteiger partial charge in [-0.1, -0.05) is 32.5 Å². The number of amides is 1. The molecule has 2 atom stereocenters. The number of carbonyl (C=O) groups excluding carboxylic acids is 1. The standard InChI is InChI=1S/C18H22N2O5S2/c1-18(2,3)7-16(21)19-17-20(12-8-27(22,23)9-15(12)26-17)11-4-5-13-14(6-11)25-10-24-13/h4-6,12,15H,7-10H2,1-3H3/t12-,15-/m1/s1. The number of nitrogens with zero attached hydrogens (tertiary/aromatic N) is 2. The summed E-state index contributed by atoms with van der Waals surface area (Å²) < 4.78 is 35.1. The second kappa shape index (κ2) is 6.41. The molecule has 2 fully saturated rings. The van der Waals surface area contributed by atoms with E-state index in [0.29, 0.717) is 23.1 Å². The van der Waals surface area contributed by atoms with Gasteiger partial charge in [-0.3, -0.25) is 4.79 Å². The molecule has 3 aliphatic rings. The molecule has 0 saturated carbocycles. The van der Waals surface area contributed by atoms with Crippen molar-refractivity contribution in [2.24, 2.45) is 10.4 Å². The van der Waals surface area contributed by atoms with Crippen molar-refractivity contribution in [2.45, 2.75) is 38.5 Å². The smallest absolute Gasteiger partial charge is 0.248 e. The summed E-state index contributed by atoms with van der Waals surface area (Å²) in [7, 11) is -3.10. The Labute approximate surface area is 163 Å². The van der Waals surface area contributed by atoms with Gasteiger partial charge in [0, 0.05) is 23.4 Å². The second-order valence-corrected chi connectivity index (χ2v) is 11.6. The molecule has 146 valence electrons. The van der Waals surface area contributed by atoms with Gasteiger partial charge in [-0.15, -0.1) is 0 Å². The van der Waals surface area contributed by atoms with Crippen LogP contribution in [0, 0.1) is 5.41 Å². The second-order valence-electron chi connectivity index (χ2n) is 8.23. The molecule has 0 spiro atoms. The monoisotopic (exact) mass is 410 g/mol. The van der Waals surface area contributed by atoms with Crippen LogP contribution in [0.5, 0.6) is 11.5 Å². The van der Waals surface area contributed by atoms with E-state index in [4.69, 9.17) is 9.47 Å². The van der Waals surface area contributed by atoms with Crippen LogP contribution >= 0.6 is 11.8 Å². The Hall–Kier alpha value is -1.74. The van der Waals surface area contributed by atoms with E-state index in [1.54, 1.807) is 6.07 Å². The molecule has 3 heterocycles. The van der Waals surface area contributed by atoms with E-state index in [0.717, 1.165) is 5.69 Å². The van der Waals surface area contributed by atoms with E-state index in [9.17, 15) is 13.2 Å². The van der Waals surface area contributed by atoms with Crippen molar-refractivity contribution in [3.63, 3.8) is 0 Å². The zero-order chi connectivity index (χ0) is 19.4. The molecular weight excluding hydrogens is 388 g/mol. The molecule has 2 saturated heterocycles. The van der Waals surface area contributed by atoms with Gasteiger partial charge in [-0.2, -0.15) is 4.99 Å². The lowest BCUT2D eigenvalue weighted by Gasteiger charge is -2.25. The van der Waals surface area contributed by atoms with Gasteiger partial charge in [0.15, 0.2) is 26.5 Å². The van der Waals surface area contributed by atoms with Gasteiger partial charge in [0.05, 0.1) is 17.5 Å². The average molecular weight is 411 g/mol. The maximum Gasteiger partial charge on any atom is 0.248 e. The van der Waals surface area contributed by atoms with Crippen molar-refractivity contribution in [2.75, 3.05) is 23.2 Å². The topological polar surface area (TPSA) is 85.3 Å². The van der Waals surface area contributed by atoms with E-state index in [-0.39, 0.29) is 40.9 Å². The van der Waals surface area contributed by atoms with Crippen LogP contribution in [-0.2, 0) is 14.6 Å². The summed E-state index contributed by atoms with van der Waals surface area (Å²) in [4.78, 5) is 18.7. The summed E-state index contributed by atoms with van der Waals surface area (Å²) in [6.07, 6.45) is 0.333. The fourth-order valence-corrected chi connectivity index (χ4v) is 7.43. The molecule has 27 heavy (non-hydrogen) atoms. The highest BCUT2D eigenvalue weighted by Gasteiger charge is 2.49. The summed E-state index contributed by atoms with van der Waals surface area (Å²) in [5, 5.41) is 0.439. The Kier molecular flexibility index (Phi) is 4.42. The van der Waals surface area contributed by atoms with E-state index < -0.39 is 9.84 Å². The van der Waals surface area contributed by atoms with Crippen LogP contribution in [0.4, 0.5) is 5.69 Å². The highest BCUT2D eigenvalue weighted by atomic mass is 32.2. The molecule has 3 aliphatic heterocycles. The van der Waals surface area contributed by atoms with Crippen molar-refractivity contribution >= 4 is 38.4 Å². The number of ether oxygens (including phenoxy) is 2. The van der Waals surface area contributed by atoms with E-state index in [1.165, 1.54) is 11.8 Å². The van der Waals surface area contributed by atoms with Crippen molar-refractivity contribution in [1.82, 2.24) is 0 Å². The molecule has 0 unspecified atom stereocenters. The summed E-state index contributed by atoms with van der Waals surface area (Å²) in [6.45, 7) is 6.14. The summed E-state index contributed by atoms with van der Waals surface area (Å²) >= 11 is 1.38. The van der Waals surface area contributed by atoms with Crippen molar-refractivity contribution < 1.29 is 22.7 Å². The molecule has 0 aromatic heterocycles. The Morgan fingerprint density at radius 2 is 2.00 bits per heavy atom. The normalized spacial score (nSPS) is 27.2. The number of aliphatic imine (C=N–C) groups is 1. The lowest BCUT2D eigenvalue weighted by molar-refractivity contribution is -0.119. The summed E-state index contributed by atoms with van der Waals surface area (Å²) in [6, 6.07) is 5.24. The number of rotatable bonds is 2. The van der Waals surface area contributed by atoms with Crippen molar-refractivity contribution in [3.8, 4) is 11.5 Å². The Bertz CT molecular complexity index is 920. The van der Waals surface area contributed by atoms with Crippen LogP contribution in [0.2, 0.25) is 0 Å². The van der Waals surface area contributed by atoms with Crippen LogP contribution in [-0.4, -0.2) is 49.1 Å². The van der Waals surface area contributed by atoms with E-state index >= 15 is 0 Å². The molecule has 1 aromatic rings. The van der Waals surface area contributed by atoms with Gasteiger partial charge in [0.1, 0.15) is 0 Å². The quantitative estimate of drug-likeness (QED) is 0.740. The Balaban J connectivity index is 1.70. The Morgan fingerprint density at radius 1 is 1.26 bits per heavy atom. The van der Waals surface area contributed by atoms with Crippen LogP contribution in [0.15, 0.2) is 23.2 Å². The predicted octanol–water partition coefficient (Wildman–Crippen LogP) is 2.45. The van der Waals surface area contributed by atoms with E-state index in [2.05, 4.69) is 4.99 Å². The predicted molar refractivity (Wildman–Crippen MR) is 105 cm³/mol. The first-order valence-corrected chi connectivity index (χ1v) is 11.5. The lowest BCUT2D eigenvalue weighted by atomic mass is 9.92. The van der Waals surface area contributed by atoms with Crippen LogP contribution in [0.25, 0.3) is 0 Å². The minimum Gasteiger partial charge on any atom is -0.454 e. The Morgan fingerprint density at radius 3 is 2.74 bits per heavy atom. The molecule has 0 N–H and O–H groups in total. The number of amidine groups is 1. The third-order valence-electron chi connectivity index (χ3n) is 4.60. The third kappa shape index (κ3) is 3.80. The molecule has 4 rings (SSSR count). The number of sulfone groups is 1. The number of hydrogen-bond donors (Lipinski definition) is 0. The van der Waals surface area contributed by atoms with Crippen LogP contribution in [0.1, 0.15) is 27.2 Å². The molecule has 1 aromatic carbocycles.